The third-order valence-electron chi connectivity index (χ3n) is 8.84. The van der Waals surface area contributed by atoms with E-state index in [1.54, 1.807) is 62.3 Å². The molecule has 0 rings (SSSR count). The minimum atomic E-state index is -2.48. The fourth-order valence-electron chi connectivity index (χ4n) is 5.81. The molecule has 0 bridgehead atoms. The number of Topliss-reactive ketones (excluding diaryl/α,β-unsaturated/α-hetero) is 1. The van der Waals surface area contributed by atoms with Crippen LogP contribution in [0, 0.1) is 0 Å². The topological polar surface area (TPSA) is 381 Å². The molecule has 0 heterocycles. The van der Waals surface area contributed by atoms with E-state index in [1.807, 2.05) is 0 Å². The Hall–Kier alpha value is -5.78. The first kappa shape index (κ1) is 60.2. The summed E-state index contributed by atoms with van der Waals surface area (Å²) in [5, 5.41) is 26.3. The van der Waals surface area contributed by atoms with Crippen LogP contribution in [-0.2, 0) is 47.8 Å². The number of hydrogen-bond acceptors (Lipinski definition) is 15. The van der Waals surface area contributed by atoms with Crippen LogP contribution in [0.25, 0.3) is 0 Å². The minimum absolute atomic E-state index is 0.000899. The molecule has 0 aromatic rings. The molecule has 0 unspecified atom stereocenters. The number of amides is 8. The summed E-state index contributed by atoms with van der Waals surface area (Å²) in [4.78, 5) is 128. The molecule has 0 aromatic carbocycles. The van der Waals surface area contributed by atoms with E-state index in [4.69, 9.17) is 36.5 Å². The van der Waals surface area contributed by atoms with Gasteiger partial charge in [-0.1, -0.05) is 0 Å². The number of carbonyl (C=O) groups excluding carboxylic acids is 9. The maximum Gasteiger partial charge on any atom is 0.407 e. The number of nitrogens with two attached hydrogens (primary N) is 3. The highest BCUT2D eigenvalue weighted by atomic mass is 16.6. The van der Waals surface area contributed by atoms with Gasteiger partial charge >= 0.3 is 24.2 Å². The molecular formula is C42H76N10O14. The Balaban J connectivity index is 6.50. The molecule has 0 aliphatic carbocycles. The van der Waals surface area contributed by atoms with Crippen molar-refractivity contribution in [3.05, 3.63) is 0 Å². The second-order valence-corrected chi connectivity index (χ2v) is 18.6. The molecule has 378 valence electrons. The Labute approximate surface area is 386 Å². The largest absolute Gasteiger partial charge is 0.480 e. The summed E-state index contributed by atoms with van der Waals surface area (Å²) in [6, 6.07) is -4.14. The fraction of sp³-hybridized carbons (Fsp3) is 0.762. The number of aliphatic carboxylic acids is 1. The van der Waals surface area contributed by atoms with E-state index in [2.05, 4.69) is 37.2 Å². The van der Waals surface area contributed by atoms with Crippen molar-refractivity contribution in [2.75, 3.05) is 32.7 Å². The van der Waals surface area contributed by atoms with Gasteiger partial charge in [-0.05, 0) is 127 Å². The van der Waals surface area contributed by atoms with E-state index in [-0.39, 0.29) is 71.0 Å². The van der Waals surface area contributed by atoms with Gasteiger partial charge in [0.15, 0.2) is 11.3 Å². The predicted molar refractivity (Wildman–Crippen MR) is 240 cm³/mol. The van der Waals surface area contributed by atoms with Gasteiger partial charge < -0.3 is 73.7 Å². The zero-order valence-corrected chi connectivity index (χ0v) is 40.0. The molecule has 4 atom stereocenters. The highest BCUT2D eigenvalue weighted by Crippen LogP contribution is 2.21. The van der Waals surface area contributed by atoms with E-state index in [0.717, 1.165) is 0 Å². The van der Waals surface area contributed by atoms with Crippen LogP contribution in [0.15, 0.2) is 0 Å². The second kappa shape index (κ2) is 29.0. The number of ketones is 1. The minimum Gasteiger partial charge on any atom is -0.480 e. The molecule has 24 heteroatoms. The van der Waals surface area contributed by atoms with Crippen molar-refractivity contribution in [1.82, 2.24) is 37.2 Å². The molecule has 14 N–H and O–H groups in total. The van der Waals surface area contributed by atoms with Gasteiger partial charge in [0.25, 0.3) is 5.91 Å². The van der Waals surface area contributed by atoms with E-state index in [0.29, 0.717) is 12.8 Å². The lowest BCUT2D eigenvalue weighted by Crippen LogP contribution is -2.69. The van der Waals surface area contributed by atoms with Crippen LogP contribution in [-0.4, -0.2) is 138 Å². The van der Waals surface area contributed by atoms with E-state index in [9.17, 15) is 47.9 Å². The Bertz CT molecular complexity index is 1660. The molecule has 0 aliphatic rings. The number of nitrogens with one attached hydrogen (secondary N) is 7. The number of alkyl carbamates (subject to hydrolysis) is 3. The highest BCUT2D eigenvalue weighted by molar-refractivity contribution is 6.15. The average Bonchev–Trinajstić information content (AvgIpc) is 3.17. The Morgan fingerprint density at radius 1 is 0.545 bits per heavy atom. The Kier molecular flexibility index (Phi) is 26.4. The molecule has 0 radical (unpaired) electrons. The normalized spacial score (nSPS) is 13.8. The summed E-state index contributed by atoms with van der Waals surface area (Å²) in [6.45, 7) is 13.9. The first-order valence-electron chi connectivity index (χ1n) is 22.0. The molecule has 0 saturated carbocycles. The molecule has 8 amide bonds. The fourth-order valence-corrected chi connectivity index (χ4v) is 5.81. The number of carbonyl (C=O) groups is 10. The molecule has 0 fully saturated rings. The predicted octanol–water partition coefficient (Wildman–Crippen LogP) is 0.217. The lowest BCUT2D eigenvalue weighted by Gasteiger charge is -2.35. The van der Waals surface area contributed by atoms with Gasteiger partial charge in [0.2, 0.25) is 23.6 Å². The zero-order valence-electron chi connectivity index (χ0n) is 40.0. The monoisotopic (exact) mass is 945 g/mol. The molecule has 0 aliphatic heterocycles. The third-order valence-corrected chi connectivity index (χ3v) is 8.84. The lowest BCUT2D eigenvalue weighted by molar-refractivity contribution is -0.144. The maximum absolute atomic E-state index is 14.5. The van der Waals surface area contributed by atoms with Gasteiger partial charge in [-0.15, -0.1) is 0 Å². The van der Waals surface area contributed by atoms with Crippen molar-refractivity contribution in [2.45, 2.75) is 173 Å². The zero-order chi connectivity index (χ0) is 50.9. The number of primary amides is 1. The summed E-state index contributed by atoms with van der Waals surface area (Å²) >= 11 is 0. The van der Waals surface area contributed by atoms with Gasteiger partial charge in [0.05, 0.1) is 18.6 Å². The van der Waals surface area contributed by atoms with Gasteiger partial charge in [-0.3, -0.25) is 33.6 Å². The first-order chi connectivity index (χ1) is 30.4. The van der Waals surface area contributed by atoms with Crippen molar-refractivity contribution < 1.29 is 67.3 Å². The molecule has 0 aromatic heterocycles. The number of carboxylic acid groups (broad SMARTS) is 1. The van der Waals surface area contributed by atoms with Gasteiger partial charge in [0, 0.05) is 26.1 Å². The van der Waals surface area contributed by atoms with Crippen LogP contribution in [0.2, 0.25) is 0 Å². The SMILES string of the molecule is CC(C)(C)OC(=O)NCCCC[C@H](NC(=O)CNC(=O)[C@](CCCCNC(=O)OC(C)(C)C)(NC(=O)[C@@H](N)CCC(N)=O)C(=O)[C@@H](N)CCCCNC(=O)OC(C)(C)C)C(=O)NCC(=O)O. The molecule has 0 spiro atoms. The molecule has 66 heavy (non-hydrogen) atoms. The molecule has 24 nitrogen and oxygen atoms in total. The number of rotatable bonds is 29. The lowest BCUT2D eigenvalue weighted by atomic mass is 9.81. The standard InChI is InChI=1S/C42H76N10O14/c1-39(2,3)64-36(61)46-21-13-10-16-26(43)32(57)42(52-33(58)27(44)18-19-29(45)53,20-12-15-23-48-38(63)66-41(7,8)9)35(60)50-24-30(54)51-28(34(59)49-25-31(55)56)17-11-14-22-47-37(62)65-40(4,5)6/h26-28H,10-25,43-44H2,1-9H3,(H2,45,53)(H,46,61)(H,47,62)(H,48,63)(H,49,59)(H,50,60)(H,51,54)(H,52,58)(H,55,56)/t26-,27-,28-,42+/m0/s1. The van der Waals surface area contributed by atoms with Crippen LogP contribution in [0.3, 0.4) is 0 Å². The second-order valence-electron chi connectivity index (χ2n) is 18.6. The average molecular weight is 945 g/mol. The van der Waals surface area contributed by atoms with Crippen molar-refractivity contribution in [3.63, 3.8) is 0 Å². The Morgan fingerprint density at radius 2 is 1.00 bits per heavy atom. The van der Waals surface area contributed by atoms with Crippen molar-refractivity contribution in [2.24, 2.45) is 17.2 Å². The number of unbranched alkanes of at least 4 members (excludes halogenated alkanes) is 3. The summed E-state index contributed by atoms with van der Waals surface area (Å²) in [6.07, 6.45) is -1.76. The van der Waals surface area contributed by atoms with Crippen molar-refractivity contribution in [3.8, 4) is 0 Å². The van der Waals surface area contributed by atoms with E-state index in [1.165, 1.54) is 0 Å². The third kappa shape index (κ3) is 28.2. The Morgan fingerprint density at radius 3 is 1.44 bits per heavy atom. The van der Waals surface area contributed by atoms with Crippen LogP contribution in [0.1, 0.15) is 133 Å². The van der Waals surface area contributed by atoms with Gasteiger partial charge in [-0.25, -0.2) is 14.4 Å². The maximum atomic E-state index is 14.5. The smallest absolute Gasteiger partial charge is 0.407 e. The molecule has 0 saturated heterocycles. The van der Waals surface area contributed by atoms with Crippen molar-refractivity contribution in [1.29, 1.82) is 0 Å². The quantitative estimate of drug-likeness (QED) is 0.0271. The van der Waals surface area contributed by atoms with Crippen LogP contribution in [0.5, 0.6) is 0 Å². The van der Waals surface area contributed by atoms with Gasteiger partial charge in [0.1, 0.15) is 29.4 Å². The number of hydrogen-bond donors (Lipinski definition) is 11. The summed E-state index contributed by atoms with van der Waals surface area (Å²) in [5.74, 6) is -7.09. The van der Waals surface area contributed by atoms with Gasteiger partial charge in [-0.2, -0.15) is 0 Å². The van der Waals surface area contributed by atoms with E-state index < -0.39 is 120 Å². The summed E-state index contributed by atoms with van der Waals surface area (Å²) < 4.78 is 15.7. The highest BCUT2D eigenvalue weighted by Gasteiger charge is 2.49. The first-order valence-corrected chi connectivity index (χ1v) is 22.0. The van der Waals surface area contributed by atoms with Crippen LogP contribution < -0.4 is 54.4 Å². The molecular weight excluding hydrogens is 869 g/mol. The van der Waals surface area contributed by atoms with Crippen LogP contribution in [0.4, 0.5) is 14.4 Å². The van der Waals surface area contributed by atoms with Crippen molar-refractivity contribution >= 4 is 59.6 Å². The summed E-state index contributed by atoms with van der Waals surface area (Å²) in [5.41, 5.74) is 13.0. The number of ether oxygens (including phenoxy) is 3. The van der Waals surface area contributed by atoms with E-state index >= 15 is 0 Å². The van der Waals surface area contributed by atoms with Crippen LogP contribution >= 0.6 is 0 Å². The number of carboxylic acids is 1. The summed E-state index contributed by atoms with van der Waals surface area (Å²) in [7, 11) is 0.